The van der Waals surface area contributed by atoms with Crippen LogP contribution in [0.1, 0.15) is 19.8 Å². The molecule has 31 heavy (non-hydrogen) atoms. The van der Waals surface area contributed by atoms with Gasteiger partial charge in [-0.3, -0.25) is 19.3 Å². The number of hydrogen-bond acceptors (Lipinski definition) is 6. The number of benzene rings is 2. The SMILES string of the molecule is CCCS(=O)(=O)Nc1ccc(NC(=O)C2=NN(c3ccc(F)cc3)C(C(N)=O)C2)cc1. The van der Waals surface area contributed by atoms with Crippen LogP contribution in [0.5, 0.6) is 0 Å². The van der Waals surface area contributed by atoms with E-state index in [0.29, 0.717) is 23.5 Å². The summed E-state index contributed by atoms with van der Waals surface area (Å²) in [5, 5.41) is 8.14. The van der Waals surface area contributed by atoms with E-state index in [1.54, 1.807) is 19.1 Å². The van der Waals surface area contributed by atoms with Gasteiger partial charge in [0.2, 0.25) is 15.9 Å². The smallest absolute Gasteiger partial charge is 0.271 e. The Bertz CT molecular complexity index is 1100. The molecule has 0 aliphatic carbocycles. The van der Waals surface area contributed by atoms with Crippen molar-refractivity contribution in [3.05, 3.63) is 54.3 Å². The minimum Gasteiger partial charge on any atom is -0.368 e. The van der Waals surface area contributed by atoms with Crippen molar-refractivity contribution in [3.63, 3.8) is 0 Å². The number of anilines is 3. The molecule has 1 aliphatic rings. The monoisotopic (exact) mass is 447 g/mol. The lowest BCUT2D eigenvalue weighted by Gasteiger charge is -2.20. The first-order valence-electron chi connectivity index (χ1n) is 9.52. The second kappa shape index (κ2) is 9.13. The van der Waals surface area contributed by atoms with Crippen LogP contribution < -0.4 is 20.8 Å². The summed E-state index contributed by atoms with van der Waals surface area (Å²) in [7, 11) is -3.41. The van der Waals surface area contributed by atoms with Crippen LogP contribution in [-0.2, 0) is 19.6 Å². The first kappa shape index (κ1) is 22.2. The van der Waals surface area contributed by atoms with Crippen molar-refractivity contribution in [2.24, 2.45) is 10.8 Å². The molecule has 2 aromatic carbocycles. The molecule has 3 rings (SSSR count). The van der Waals surface area contributed by atoms with E-state index in [4.69, 9.17) is 5.73 Å². The van der Waals surface area contributed by atoms with E-state index in [-0.39, 0.29) is 17.9 Å². The highest BCUT2D eigenvalue weighted by Crippen LogP contribution is 2.25. The van der Waals surface area contributed by atoms with Crippen LogP contribution in [0.2, 0.25) is 0 Å². The maximum atomic E-state index is 13.2. The molecule has 1 aliphatic heterocycles. The molecule has 1 atom stereocenters. The molecule has 1 unspecified atom stereocenters. The average molecular weight is 447 g/mol. The Balaban J connectivity index is 1.71. The van der Waals surface area contributed by atoms with Gasteiger partial charge in [0.05, 0.1) is 11.4 Å². The van der Waals surface area contributed by atoms with Gasteiger partial charge in [-0.15, -0.1) is 0 Å². The van der Waals surface area contributed by atoms with Crippen LogP contribution in [-0.4, -0.2) is 37.7 Å². The Hall–Kier alpha value is -3.47. The van der Waals surface area contributed by atoms with E-state index in [1.807, 2.05) is 0 Å². The van der Waals surface area contributed by atoms with Crippen LogP contribution in [0.3, 0.4) is 0 Å². The summed E-state index contributed by atoms with van der Waals surface area (Å²) in [5.74, 6) is -1.63. The number of nitrogens with two attached hydrogens (primary N) is 1. The zero-order valence-corrected chi connectivity index (χ0v) is 17.5. The fourth-order valence-electron chi connectivity index (χ4n) is 3.03. The highest BCUT2D eigenvalue weighted by atomic mass is 32.2. The van der Waals surface area contributed by atoms with E-state index in [0.717, 1.165) is 0 Å². The number of rotatable bonds is 8. The molecule has 0 saturated heterocycles. The number of amides is 2. The van der Waals surface area contributed by atoms with Gasteiger partial charge in [0, 0.05) is 17.8 Å². The summed E-state index contributed by atoms with van der Waals surface area (Å²) in [6, 6.07) is 10.6. The summed E-state index contributed by atoms with van der Waals surface area (Å²) < 4.78 is 39.3. The molecule has 0 spiro atoms. The van der Waals surface area contributed by atoms with Gasteiger partial charge in [-0.05, 0) is 55.0 Å². The predicted molar refractivity (Wildman–Crippen MR) is 117 cm³/mol. The minimum absolute atomic E-state index is 0.00650. The lowest BCUT2D eigenvalue weighted by atomic mass is 10.1. The topological polar surface area (TPSA) is 134 Å². The average Bonchev–Trinajstić information content (AvgIpc) is 3.16. The summed E-state index contributed by atoms with van der Waals surface area (Å²) in [6.45, 7) is 1.77. The summed E-state index contributed by atoms with van der Waals surface area (Å²) in [6.07, 6.45) is 0.486. The maximum absolute atomic E-state index is 13.2. The molecule has 0 fully saturated rings. The number of carbonyl (C=O) groups excluding carboxylic acids is 2. The van der Waals surface area contributed by atoms with E-state index in [1.165, 1.54) is 41.4 Å². The Labute approximate surface area is 179 Å². The molecule has 9 nitrogen and oxygen atoms in total. The molecular formula is C20H22FN5O4S. The molecule has 2 aromatic rings. The molecule has 1 heterocycles. The quantitative estimate of drug-likeness (QED) is 0.569. The number of hydrogen-bond donors (Lipinski definition) is 3. The van der Waals surface area contributed by atoms with Gasteiger partial charge < -0.3 is 11.1 Å². The summed E-state index contributed by atoms with van der Waals surface area (Å²) >= 11 is 0. The number of nitrogens with one attached hydrogen (secondary N) is 2. The lowest BCUT2D eigenvalue weighted by Crippen LogP contribution is -2.39. The Morgan fingerprint density at radius 3 is 2.32 bits per heavy atom. The number of primary amides is 1. The van der Waals surface area contributed by atoms with Gasteiger partial charge >= 0.3 is 0 Å². The third-order valence-electron chi connectivity index (χ3n) is 4.48. The van der Waals surface area contributed by atoms with Crippen molar-refractivity contribution in [2.45, 2.75) is 25.8 Å². The van der Waals surface area contributed by atoms with Crippen LogP contribution in [0.25, 0.3) is 0 Å². The molecule has 0 radical (unpaired) electrons. The van der Waals surface area contributed by atoms with Crippen molar-refractivity contribution in [1.29, 1.82) is 0 Å². The number of halogens is 1. The van der Waals surface area contributed by atoms with Gasteiger partial charge in [0.15, 0.2) is 0 Å². The first-order valence-corrected chi connectivity index (χ1v) is 11.2. The molecule has 4 N–H and O–H groups in total. The van der Waals surface area contributed by atoms with Crippen molar-refractivity contribution in [1.82, 2.24) is 0 Å². The zero-order chi connectivity index (χ0) is 22.6. The zero-order valence-electron chi connectivity index (χ0n) is 16.7. The highest BCUT2D eigenvalue weighted by molar-refractivity contribution is 7.92. The van der Waals surface area contributed by atoms with E-state index in [2.05, 4.69) is 15.1 Å². The maximum Gasteiger partial charge on any atom is 0.271 e. The third-order valence-corrected chi connectivity index (χ3v) is 5.97. The van der Waals surface area contributed by atoms with Gasteiger partial charge in [-0.1, -0.05) is 6.92 Å². The molecule has 0 aromatic heterocycles. The Kier molecular flexibility index (Phi) is 6.54. The summed E-state index contributed by atoms with van der Waals surface area (Å²) in [5.41, 5.74) is 6.75. The molecule has 0 bridgehead atoms. The van der Waals surface area contributed by atoms with Crippen LogP contribution in [0, 0.1) is 5.82 Å². The minimum atomic E-state index is -3.41. The lowest BCUT2D eigenvalue weighted by molar-refractivity contribution is -0.119. The number of sulfonamides is 1. The van der Waals surface area contributed by atoms with Crippen LogP contribution in [0.15, 0.2) is 53.6 Å². The van der Waals surface area contributed by atoms with Crippen molar-refractivity contribution >= 4 is 44.6 Å². The van der Waals surface area contributed by atoms with E-state index >= 15 is 0 Å². The van der Waals surface area contributed by atoms with Crippen LogP contribution >= 0.6 is 0 Å². The predicted octanol–water partition coefficient (Wildman–Crippen LogP) is 2.04. The van der Waals surface area contributed by atoms with E-state index < -0.39 is 33.7 Å². The van der Waals surface area contributed by atoms with Crippen LogP contribution in [0.4, 0.5) is 21.5 Å². The molecular weight excluding hydrogens is 425 g/mol. The highest BCUT2D eigenvalue weighted by Gasteiger charge is 2.35. The Morgan fingerprint density at radius 1 is 1.13 bits per heavy atom. The van der Waals surface area contributed by atoms with Gasteiger partial charge in [-0.2, -0.15) is 5.10 Å². The number of hydrazone groups is 1. The fourth-order valence-corrected chi connectivity index (χ4v) is 4.16. The van der Waals surface area contributed by atoms with Crippen molar-refractivity contribution in [3.8, 4) is 0 Å². The molecule has 0 saturated carbocycles. The Morgan fingerprint density at radius 2 is 1.74 bits per heavy atom. The fraction of sp³-hybridized carbons (Fsp3) is 0.250. The van der Waals surface area contributed by atoms with Crippen molar-refractivity contribution in [2.75, 3.05) is 20.8 Å². The van der Waals surface area contributed by atoms with Gasteiger partial charge in [0.25, 0.3) is 5.91 Å². The number of carbonyl (C=O) groups is 2. The second-order valence-electron chi connectivity index (χ2n) is 6.94. The van der Waals surface area contributed by atoms with E-state index in [9.17, 15) is 22.4 Å². The summed E-state index contributed by atoms with van der Waals surface area (Å²) in [4.78, 5) is 24.4. The normalized spacial score (nSPS) is 16.0. The molecule has 11 heteroatoms. The largest absolute Gasteiger partial charge is 0.368 e. The third kappa shape index (κ3) is 5.57. The van der Waals surface area contributed by atoms with Crippen molar-refractivity contribution < 1.29 is 22.4 Å². The van der Waals surface area contributed by atoms with Gasteiger partial charge in [0.1, 0.15) is 17.6 Å². The first-order chi connectivity index (χ1) is 14.7. The molecule has 2 amide bonds. The number of nitrogens with zero attached hydrogens (tertiary/aromatic N) is 2. The molecule has 164 valence electrons. The van der Waals surface area contributed by atoms with Gasteiger partial charge in [-0.25, -0.2) is 12.8 Å². The second-order valence-corrected chi connectivity index (χ2v) is 8.78. The standard InChI is InChI=1S/C20H22FN5O4S/c1-2-11-31(29,30)25-15-7-5-14(6-8-15)23-20(28)17-12-18(19(22)27)26(24-17)16-9-3-13(21)4-10-16/h3-10,18,25H,2,11-12H2,1H3,(H2,22,27)(H,23,28).